The number of hydrogen-bond donors (Lipinski definition) is 0. The highest BCUT2D eigenvalue weighted by atomic mass is 16.6. The van der Waals surface area contributed by atoms with E-state index in [2.05, 4.69) is 4.74 Å². The quantitative estimate of drug-likeness (QED) is 0.267. The molecule has 0 atom stereocenters. The van der Waals surface area contributed by atoms with E-state index in [4.69, 9.17) is 0 Å². The van der Waals surface area contributed by atoms with E-state index < -0.39 is 16.7 Å². The Hall–Kier alpha value is -2.50. The van der Waals surface area contributed by atoms with Gasteiger partial charge in [0.25, 0.3) is 5.69 Å². The van der Waals surface area contributed by atoms with E-state index in [9.17, 15) is 19.7 Å². The number of ether oxygens (including phenoxy) is 1. The van der Waals surface area contributed by atoms with Crippen LogP contribution in [-0.2, 0) is 16.0 Å². The number of hydrogen-bond acceptors (Lipinski definition) is 5. The van der Waals surface area contributed by atoms with Crippen molar-refractivity contribution in [3.8, 4) is 0 Å². The van der Waals surface area contributed by atoms with Crippen molar-refractivity contribution in [2.75, 3.05) is 7.11 Å². The average Bonchev–Trinajstić information content (AvgIpc) is 2.43. The molecule has 0 amide bonds. The minimum Gasteiger partial charge on any atom is -0.466 e. The van der Waals surface area contributed by atoms with E-state index in [1.165, 1.54) is 25.3 Å². The zero-order valence-corrected chi connectivity index (χ0v) is 10.6. The third kappa shape index (κ3) is 3.74. The molecular formula is C13H13NO5. The van der Waals surface area contributed by atoms with Crippen LogP contribution in [0.4, 0.5) is 5.69 Å². The van der Waals surface area contributed by atoms with Crippen LogP contribution < -0.4 is 0 Å². The van der Waals surface area contributed by atoms with Gasteiger partial charge in [0.05, 0.1) is 12.0 Å². The molecule has 0 heterocycles. The third-order valence-corrected chi connectivity index (χ3v) is 2.52. The third-order valence-electron chi connectivity index (χ3n) is 2.52. The first-order chi connectivity index (χ1) is 8.99. The fraction of sp³-hybridized carbons (Fsp3) is 0.231. The Bertz CT molecular complexity index is 548. The van der Waals surface area contributed by atoms with Crippen LogP contribution in [0.25, 0.3) is 0 Å². The zero-order chi connectivity index (χ0) is 14.4. The molecule has 0 aliphatic heterocycles. The van der Waals surface area contributed by atoms with E-state index in [0.29, 0.717) is 12.0 Å². The van der Waals surface area contributed by atoms with Crippen LogP contribution in [0.1, 0.15) is 22.8 Å². The van der Waals surface area contributed by atoms with Crippen molar-refractivity contribution >= 4 is 17.4 Å². The molecule has 1 rings (SSSR count). The van der Waals surface area contributed by atoms with Crippen molar-refractivity contribution in [2.45, 2.75) is 13.3 Å². The lowest BCUT2D eigenvalue weighted by atomic mass is 10.0. The Morgan fingerprint density at radius 3 is 2.58 bits per heavy atom. The van der Waals surface area contributed by atoms with Crippen LogP contribution in [-0.4, -0.2) is 23.8 Å². The smallest absolute Gasteiger partial charge is 0.330 e. The lowest BCUT2D eigenvalue weighted by Gasteiger charge is -2.01. The molecule has 0 fully saturated rings. The minimum absolute atomic E-state index is 0.0974. The Kier molecular flexibility index (Phi) is 4.93. The predicted molar refractivity (Wildman–Crippen MR) is 68.0 cm³/mol. The number of aryl methyl sites for hydroxylation is 1. The van der Waals surface area contributed by atoms with E-state index in [1.54, 1.807) is 6.92 Å². The summed E-state index contributed by atoms with van der Waals surface area (Å²) < 4.78 is 4.35. The monoisotopic (exact) mass is 263 g/mol. The molecule has 0 aliphatic carbocycles. The summed E-state index contributed by atoms with van der Waals surface area (Å²) in [4.78, 5) is 32.9. The average molecular weight is 263 g/mol. The molecule has 0 N–H and O–H groups in total. The molecule has 0 unspecified atom stereocenters. The number of rotatable bonds is 5. The van der Waals surface area contributed by atoms with Crippen LogP contribution in [0.2, 0.25) is 0 Å². The largest absolute Gasteiger partial charge is 0.466 e. The maximum atomic E-state index is 11.7. The molecule has 1 aromatic rings. The lowest BCUT2D eigenvalue weighted by Crippen LogP contribution is -2.01. The van der Waals surface area contributed by atoms with Gasteiger partial charge in [-0.1, -0.05) is 19.1 Å². The number of nitro groups is 1. The Morgan fingerprint density at radius 2 is 2.05 bits per heavy atom. The molecule has 0 aromatic heterocycles. The van der Waals surface area contributed by atoms with Gasteiger partial charge in [-0.2, -0.15) is 0 Å². The number of esters is 1. The summed E-state index contributed by atoms with van der Waals surface area (Å²) in [6.45, 7) is 1.79. The fourth-order valence-electron chi connectivity index (χ4n) is 1.49. The van der Waals surface area contributed by atoms with Gasteiger partial charge in [-0.25, -0.2) is 4.79 Å². The molecule has 0 spiro atoms. The van der Waals surface area contributed by atoms with Gasteiger partial charge in [0, 0.05) is 23.3 Å². The molecule has 6 nitrogen and oxygen atoms in total. The molecule has 0 saturated heterocycles. The molecule has 1 aromatic carbocycles. The van der Waals surface area contributed by atoms with E-state index in [0.717, 1.165) is 12.2 Å². The molecule has 0 aliphatic rings. The minimum atomic E-state index is -0.659. The van der Waals surface area contributed by atoms with E-state index in [-0.39, 0.29) is 11.3 Å². The highest BCUT2D eigenvalue weighted by Crippen LogP contribution is 2.21. The van der Waals surface area contributed by atoms with Gasteiger partial charge < -0.3 is 4.74 Å². The number of carbonyl (C=O) groups is 2. The number of nitro benzene ring substituents is 1. The summed E-state index contributed by atoms with van der Waals surface area (Å²) >= 11 is 0. The van der Waals surface area contributed by atoms with Crippen molar-refractivity contribution in [3.63, 3.8) is 0 Å². The summed E-state index contributed by atoms with van der Waals surface area (Å²) in [6, 6.07) is 4.25. The van der Waals surface area contributed by atoms with Crippen molar-refractivity contribution in [1.29, 1.82) is 0 Å². The number of ketones is 1. The first kappa shape index (κ1) is 14.6. The Labute approximate surface area is 109 Å². The second-order valence-corrected chi connectivity index (χ2v) is 3.67. The van der Waals surface area contributed by atoms with Crippen LogP contribution in [0, 0.1) is 10.1 Å². The molecule has 0 bridgehead atoms. The van der Waals surface area contributed by atoms with Crippen molar-refractivity contribution in [1.82, 2.24) is 0 Å². The van der Waals surface area contributed by atoms with Gasteiger partial charge in [-0.15, -0.1) is 0 Å². The van der Waals surface area contributed by atoms with E-state index in [1.807, 2.05) is 0 Å². The Balaban J connectivity index is 3.05. The number of methoxy groups -OCH3 is 1. The molecule has 0 saturated carbocycles. The fourth-order valence-corrected chi connectivity index (χ4v) is 1.49. The van der Waals surface area contributed by atoms with Crippen molar-refractivity contribution in [3.05, 3.63) is 51.6 Å². The normalized spacial score (nSPS) is 10.4. The van der Waals surface area contributed by atoms with Crippen molar-refractivity contribution < 1.29 is 19.2 Å². The second kappa shape index (κ2) is 6.44. The molecule has 100 valence electrons. The lowest BCUT2D eigenvalue weighted by molar-refractivity contribution is -0.385. The number of benzene rings is 1. The predicted octanol–water partition coefficient (Wildman–Crippen LogP) is 2.07. The zero-order valence-electron chi connectivity index (χ0n) is 10.6. The van der Waals surface area contributed by atoms with Gasteiger partial charge in [-0.3, -0.25) is 14.9 Å². The maximum Gasteiger partial charge on any atom is 0.330 e. The number of allylic oxidation sites excluding steroid dienone is 1. The van der Waals surface area contributed by atoms with Gasteiger partial charge in [0.15, 0.2) is 5.78 Å². The number of carbonyl (C=O) groups excluding carboxylic acids is 2. The second-order valence-electron chi connectivity index (χ2n) is 3.67. The Morgan fingerprint density at radius 1 is 1.37 bits per heavy atom. The van der Waals surface area contributed by atoms with Crippen LogP contribution >= 0.6 is 0 Å². The highest BCUT2D eigenvalue weighted by molar-refractivity contribution is 6.07. The topological polar surface area (TPSA) is 86.5 Å². The van der Waals surface area contributed by atoms with Gasteiger partial charge >= 0.3 is 5.97 Å². The number of nitrogens with zero attached hydrogens (tertiary/aromatic N) is 1. The first-order valence-corrected chi connectivity index (χ1v) is 5.57. The van der Waals surface area contributed by atoms with Gasteiger partial charge in [0.2, 0.25) is 0 Å². The molecular weight excluding hydrogens is 250 g/mol. The first-order valence-electron chi connectivity index (χ1n) is 5.57. The maximum absolute atomic E-state index is 11.7. The summed E-state index contributed by atoms with van der Waals surface area (Å²) in [5.41, 5.74) is 0.613. The standard InChI is InChI=1S/C13H13NO5/c1-3-9-4-5-10(8-11(9)14(17)18)12(15)6-7-13(16)19-2/h4-8H,3H2,1-2H3/b7-6+. The highest BCUT2D eigenvalue weighted by Gasteiger charge is 2.15. The van der Waals surface area contributed by atoms with Crippen molar-refractivity contribution in [2.24, 2.45) is 0 Å². The summed E-state index contributed by atoms with van der Waals surface area (Å²) in [7, 11) is 1.19. The summed E-state index contributed by atoms with van der Waals surface area (Å²) in [6.07, 6.45) is 2.50. The van der Waals surface area contributed by atoms with Gasteiger partial charge in [0.1, 0.15) is 0 Å². The van der Waals surface area contributed by atoms with Crippen LogP contribution in [0.15, 0.2) is 30.4 Å². The van der Waals surface area contributed by atoms with E-state index >= 15 is 0 Å². The summed E-state index contributed by atoms with van der Waals surface area (Å²) in [5.74, 6) is -1.15. The molecule has 19 heavy (non-hydrogen) atoms. The van der Waals surface area contributed by atoms with Crippen LogP contribution in [0.5, 0.6) is 0 Å². The molecule has 0 radical (unpaired) electrons. The SMILES string of the molecule is CCc1ccc(C(=O)/C=C/C(=O)OC)cc1[N+](=O)[O-]. The molecule has 6 heteroatoms. The summed E-state index contributed by atoms with van der Waals surface area (Å²) in [5, 5.41) is 10.9. The van der Waals surface area contributed by atoms with Crippen LogP contribution in [0.3, 0.4) is 0 Å². The van der Waals surface area contributed by atoms with Gasteiger partial charge in [-0.05, 0) is 12.5 Å².